The first-order valence-electron chi connectivity index (χ1n) is 8.43. The fourth-order valence-electron chi connectivity index (χ4n) is 4.81. The maximum Gasteiger partial charge on any atom is 0.174 e. The number of hydrogen-bond donors (Lipinski definition) is 2. The minimum absolute atomic E-state index is 0.00716. The summed E-state index contributed by atoms with van der Waals surface area (Å²) in [5.74, 6) is 0.511. The van der Waals surface area contributed by atoms with Crippen molar-refractivity contribution in [1.29, 1.82) is 0 Å². The second-order valence-electron chi connectivity index (χ2n) is 7.15. The van der Waals surface area contributed by atoms with Gasteiger partial charge < -0.3 is 19.8 Å². The number of aromatic hydroxyl groups is 1. The Balaban J connectivity index is 1.92. The van der Waals surface area contributed by atoms with E-state index in [1.165, 1.54) is 0 Å². The first-order valence-corrected chi connectivity index (χ1v) is 8.43. The van der Waals surface area contributed by atoms with Crippen LogP contribution in [0.2, 0.25) is 0 Å². The molecule has 1 spiro atoms. The van der Waals surface area contributed by atoms with Crippen LogP contribution in [-0.4, -0.2) is 52.7 Å². The third kappa shape index (κ3) is 1.78. The lowest BCUT2D eigenvalue weighted by molar-refractivity contribution is -0.136. The van der Waals surface area contributed by atoms with Crippen molar-refractivity contribution < 1.29 is 19.7 Å². The average Bonchev–Trinajstić information content (AvgIpc) is 2.87. The summed E-state index contributed by atoms with van der Waals surface area (Å²) in [7, 11) is 2.02. The Hall–Kier alpha value is -1.59. The molecular weight excluding hydrogens is 294 g/mol. The molecule has 4 rings (SSSR count). The van der Waals surface area contributed by atoms with Crippen molar-refractivity contribution in [2.24, 2.45) is 0 Å². The lowest BCUT2D eigenvalue weighted by Crippen LogP contribution is -2.66. The van der Waals surface area contributed by atoms with Crippen molar-refractivity contribution in [2.75, 3.05) is 13.6 Å². The molecule has 1 aliphatic carbocycles. The van der Waals surface area contributed by atoms with Crippen LogP contribution in [0.5, 0.6) is 11.5 Å². The highest BCUT2D eigenvalue weighted by Crippen LogP contribution is 2.58. The molecule has 1 saturated heterocycles. The van der Waals surface area contributed by atoms with E-state index in [2.05, 4.69) is 4.90 Å². The molecule has 2 N–H and O–H groups in total. The van der Waals surface area contributed by atoms with E-state index in [4.69, 9.17) is 4.74 Å². The molecule has 3 aliphatic rings. The van der Waals surface area contributed by atoms with Crippen LogP contribution in [0.15, 0.2) is 12.1 Å². The van der Waals surface area contributed by atoms with Gasteiger partial charge in [-0.1, -0.05) is 13.0 Å². The van der Waals surface area contributed by atoms with Crippen LogP contribution in [0.4, 0.5) is 0 Å². The molecule has 0 unspecified atom stereocenters. The Morgan fingerprint density at radius 1 is 1.48 bits per heavy atom. The lowest BCUT2D eigenvalue weighted by Gasteiger charge is -2.52. The number of likely N-dealkylation sites (tertiary alicyclic amines) is 1. The van der Waals surface area contributed by atoms with Gasteiger partial charge in [0, 0.05) is 18.0 Å². The van der Waals surface area contributed by atoms with E-state index < -0.39 is 17.6 Å². The number of piperidine rings is 1. The van der Waals surface area contributed by atoms with Gasteiger partial charge in [-0.2, -0.15) is 0 Å². The number of benzene rings is 1. The first kappa shape index (κ1) is 15.0. The molecule has 124 valence electrons. The zero-order valence-corrected chi connectivity index (χ0v) is 13.6. The second-order valence-corrected chi connectivity index (χ2v) is 7.15. The van der Waals surface area contributed by atoms with Crippen LogP contribution >= 0.6 is 0 Å². The number of rotatable bonds is 3. The molecule has 2 heterocycles. The molecule has 1 aromatic carbocycles. The zero-order valence-electron chi connectivity index (χ0n) is 13.6. The lowest BCUT2D eigenvalue weighted by atomic mass is 9.59. The fraction of sp³-hybridized carbons (Fsp3) is 0.611. The van der Waals surface area contributed by atoms with E-state index in [0.717, 1.165) is 30.5 Å². The van der Waals surface area contributed by atoms with Crippen molar-refractivity contribution >= 4 is 5.78 Å². The largest absolute Gasteiger partial charge is 0.504 e. The minimum atomic E-state index is -0.703. The topological polar surface area (TPSA) is 70.0 Å². The van der Waals surface area contributed by atoms with Crippen molar-refractivity contribution in [3.63, 3.8) is 0 Å². The van der Waals surface area contributed by atoms with E-state index in [9.17, 15) is 15.0 Å². The predicted octanol–water partition coefficient (Wildman–Crippen LogP) is 1.38. The number of fused-ring (bicyclic) bond motifs is 1. The van der Waals surface area contributed by atoms with Crippen LogP contribution in [0, 0.1) is 0 Å². The van der Waals surface area contributed by atoms with Crippen molar-refractivity contribution in [3.8, 4) is 11.5 Å². The number of phenols is 1. The molecule has 1 fully saturated rings. The smallest absolute Gasteiger partial charge is 0.174 e. The van der Waals surface area contributed by atoms with E-state index in [1.54, 1.807) is 6.07 Å². The fourth-order valence-corrected chi connectivity index (χ4v) is 4.81. The number of carbonyl (C=O) groups excluding carboxylic acids is 1. The summed E-state index contributed by atoms with van der Waals surface area (Å²) >= 11 is 0. The summed E-state index contributed by atoms with van der Waals surface area (Å²) < 4.78 is 5.98. The van der Waals surface area contributed by atoms with Crippen LogP contribution < -0.4 is 4.74 Å². The van der Waals surface area contributed by atoms with Crippen LogP contribution in [0.3, 0.4) is 0 Å². The SMILES string of the molecule is CCCC(=O)[C@@H]1Oc2c(O)ccc3c2[C@@]12CCN(C)[C@H](C3)[C@H]2O. The number of nitrogens with zero attached hydrogens (tertiary/aromatic N) is 1. The molecule has 0 radical (unpaired) electrons. The maximum atomic E-state index is 12.7. The zero-order chi connectivity index (χ0) is 16.4. The Bertz CT molecular complexity index is 673. The van der Waals surface area contributed by atoms with E-state index >= 15 is 0 Å². The molecule has 0 aromatic heterocycles. The van der Waals surface area contributed by atoms with Crippen molar-refractivity contribution in [1.82, 2.24) is 4.90 Å². The van der Waals surface area contributed by atoms with Gasteiger partial charge in [0.25, 0.3) is 0 Å². The molecule has 0 saturated carbocycles. The predicted molar refractivity (Wildman–Crippen MR) is 84.9 cm³/mol. The number of aliphatic hydroxyl groups excluding tert-OH is 1. The maximum absolute atomic E-state index is 12.7. The normalized spacial score (nSPS) is 34.8. The van der Waals surface area contributed by atoms with Gasteiger partial charge in [-0.15, -0.1) is 0 Å². The summed E-state index contributed by atoms with van der Waals surface area (Å²) in [6, 6.07) is 3.55. The van der Waals surface area contributed by atoms with Gasteiger partial charge in [0.2, 0.25) is 0 Å². The number of ketones is 1. The second kappa shape index (κ2) is 4.95. The number of aliphatic hydroxyl groups is 1. The third-order valence-corrected chi connectivity index (χ3v) is 5.95. The van der Waals surface area contributed by atoms with E-state index in [1.807, 2.05) is 20.0 Å². The van der Waals surface area contributed by atoms with Gasteiger partial charge in [-0.05, 0) is 44.5 Å². The van der Waals surface area contributed by atoms with Gasteiger partial charge in [0.1, 0.15) is 0 Å². The number of Topliss-reactive ketones (excluding diaryl/α,β-unsaturated/α-hetero) is 1. The summed E-state index contributed by atoms with van der Waals surface area (Å²) in [5, 5.41) is 21.3. The molecule has 0 amide bonds. The highest BCUT2D eigenvalue weighted by molar-refractivity contribution is 5.88. The van der Waals surface area contributed by atoms with Crippen molar-refractivity contribution in [3.05, 3.63) is 23.3 Å². The summed E-state index contributed by atoms with van der Waals surface area (Å²) in [4.78, 5) is 14.9. The highest BCUT2D eigenvalue weighted by atomic mass is 16.5. The van der Waals surface area contributed by atoms with Gasteiger partial charge >= 0.3 is 0 Å². The van der Waals surface area contributed by atoms with Gasteiger partial charge in [0.15, 0.2) is 23.4 Å². The summed E-state index contributed by atoms with van der Waals surface area (Å²) in [6.07, 6.45) is 1.25. The Kier molecular flexibility index (Phi) is 3.22. The van der Waals surface area contributed by atoms with Crippen LogP contribution in [-0.2, 0) is 16.6 Å². The molecule has 5 nitrogen and oxygen atoms in total. The average molecular weight is 317 g/mol. The number of carbonyl (C=O) groups is 1. The molecule has 2 aliphatic heterocycles. The third-order valence-electron chi connectivity index (χ3n) is 5.95. The monoisotopic (exact) mass is 317 g/mol. The molecule has 23 heavy (non-hydrogen) atoms. The Morgan fingerprint density at radius 3 is 3.00 bits per heavy atom. The number of likely N-dealkylation sites (N-methyl/N-ethyl adjacent to an activating group) is 1. The number of ether oxygens (including phenoxy) is 1. The number of hydrogen-bond acceptors (Lipinski definition) is 5. The van der Waals surface area contributed by atoms with Crippen molar-refractivity contribution in [2.45, 2.75) is 56.3 Å². The Morgan fingerprint density at radius 2 is 2.26 bits per heavy atom. The molecular formula is C18H23NO4. The molecule has 2 bridgehead atoms. The van der Waals surface area contributed by atoms with Crippen LogP contribution in [0.1, 0.15) is 37.3 Å². The summed E-state index contributed by atoms with van der Waals surface area (Å²) in [6.45, 7) is 2.78. The molecule has 5 heteroatoms. The number of phenolic OH excluding ortho intramolecular Hbond substituents is 1. The molecule has 1 aromatic rings. The van der Waals surface area contributed by atoms with Gasteiger partial charge in [-0.3, -0.25) is 4.79 Å². The van der Waals surface area contributed by atoms with Crippen LogP contribution in [0.25, 0.3) is 0 Å². The first-order chi connectivity index (χ1) is 11.0. The Labute approximate surface area is 135 Å². The highest BCUT2D eigenvalue weighted by Gasteiger charge is 2.63. The standard InChI is InChI=1S/C18H23NO4/c1-3-4-13(21)17-18-7-8-19(2)11(16(18)22)9-10-5-6-12(20)15(23-17)14(10)18/h5-6,11,16-17,20,22H,3-4,7-9H2,1-2H3/t11-,16-,17+,18-/m1/s1. The van der Waals surface area contributed by atoms with E-state index in [0.29, 0.717) is 18.6 Å². The summed E-state index contributed by atoms with van der Waals surface area (Å²) in [5.41, 5.74) is 1.26. The molecule has 4 atom stereocenters. The minimum Gasteiger partial charge on any atom is -0.504 e. The van der Waals surface area contributed by atoms with Gasteiger partial charge in [0.05, 0.1) is 11.5 Å². The quantitative estimate of drug-likeness (QED) is 0.881. The van der Waals surface area contributed by atoms with E-state index in [-0.39, 0.29) is 17.6 Å². The van der Waals surface area contributed by atoms with Gasteiger partial charge in [-0.25, -0.2) is 0 Å².